The lowest BCUT2D eigenvalue weighted by Crippen LogP contribution is -1.98. The van der Waals surface area contributed by atoms with E-state index >= 15 is 0 Å². The summed E-state index contributed by atoms with van der Waals surface area (Å²) >= 11 is 1.31. The summed E-state index contributed by atoms with van der Waals surface area (Å²) < 4.78 is 11.0. The first-order chi connectivity index (χ1) is 14.6. The van der Waals surface area contributed by atoms with Gasteiger partial charge in [-0.25, -0.2) is 0 Å². The molecule has 30 heavy (non-hydrogen) atoms. The molecule has 0 radical (unpaired) electrons. The maximum Gasteiger partial charge on any atom is 0.277 e. The Morgan fingerprint density at radius 3 is 2.57 bits per heavy atom. The highest BCUT2D eigenvalue weighted by atomic mass is 32.2. The molecule has 1 unspecified atom stereocenters. The number of nitro groups is 1. The van der Waals surface area contributed by atoms with E-state index < -0.39 is 4.92 Å². The van der Waals surface area contributed by atoms with Gasteiger partial charge in [0.2, 0.25) is 17.6 Å². The zero-order chi connectivity index (χ0) is 20.9. The fourth-order valence-electron chi connectivity index (χ4n) is 2.83. The van der Waals surface area contributed by atoms with Gasteiger partial charge in [-0.05, 0) is 23.6 Å². The quantitative estimate of drug-likeness (QED) is 0.226. The zero-order valence-corrected chi connectivity index (χ0v) is 16.8. The molecule has 0 fully saturated rings. The SMILES string of the molecule is CC(Cc1nnc(SCc2nc(-c3ccc([N+](=O)[O-])cc3)no2)o1)c1ccccc1. The van der Waals surface area contributed by atoms with E-state index in [1.165, 1.54) is 29.5 Å². The van der Waals surface area contributed by atoms with E-state index in [0.717, 1.165) is 0 Å². The molecule has 0 saturated heterocycles. The third-order valence-corrected chi connectivity index (χ3v) is 5.22. The Bertz CT molecular complexity index is 1130. The molecule has 0 saturated carbocycles. The molecule has 152 valence electrons. The van der Waals surface area contributed by atoms with Crippen molar-refractivity contribution in [1.29, 1.82) is 0 Å². The molecule has 1 atom stereocenters. The number of benzene rings is 2. The zero-order valence-electron chi connectivity index (χ0n) is 16.0. The summed E-state index contributed by atoms with van der Waals surface area (Å²) in [7, 11) is 0. The molecule has 2 heterocycles. The fourth-order valence-corrected chi connectivity index (χ4v) is 3.44. The van der Waals surface area contributed by atoms with E-state index in [0.29, 0.717) is 40.6 Å². The minimum absolute atomic E-state index is 0.00630. The van der Waals surface area contributed by atoms with Crippen LogP contribution in [0.5, 0.6) is 0 Å². The minimum Gasteiger partial charge on any atom is -0.416 e. The number of non-ortho nitro benzene ring substituents is 1. The van der Waals surface area contributed by atoms with Crippen molar-refractivity contribution in [1.82, 2.24) is 20.3 Å². The largest absolute Gasteiger partial charge is 0.416 e. The lowest BCUT2D eigenvalue weighted by atomic mass is 9.98. The number of thioether (sulfide) groups is 1. The van der Waals surface area contributed by atoms with E-state index in [9.17, 15) is 10.1 Å². The molecule has 0 bridgehead atoms. The molecule has 4 rings (SSSR count). The number of hydrogen-bond donors (Lipinski definition) is 0. The van der Waals surface area contributed by atoms with Crippen LogP contribution in [0.15, 0.2) is 68.8 Å². The first-order valence-electron chi connectivity index (χ1n) is 9.16. The van der Waals surface area contributed by atoms with Gasteiger partial charge in [0.25, 0.3) is 10.9 Å². The van der Waals surface area contributed by atoms with E-state index in [1.807, 2.05) is 18.2 Å². The number of nitro benzene ring substituents is 1. The minimum atomic E-state index is -0.457. The molecule has 0 spiro atoms. The average molecular weight is 423 g/mol. The highest BCUT2D eigenvalue weighted by Crippen LogP contribution is 2.25. The number of nitrogens with zero attached hydrogens (tertiary/aromatic N) is 5. The molecule has 10 heteroatoms. The summed E-state index contributed by atoms with van der Waals surface area (Å²) in [6, 6.07) is 16.1. The highest BCUT2D eigenvalue weighted by molar-refractivity contribution is 7.98. The van der Waals surface area contributed by atoms with Crippen LogP contribution in [0.4, 0.5) is 5.69 Å². The van der Waals surface area contributed by atoms with Crippen molar-refractivity contribution < 1.29 is 13.9 Å². The Morgan fingerprint density at radius 1 is 1.07 bits per heavy atom. The van der Waals surface area contributed by atoms with Crippen LogP contribution < -0.4 is 0 Å². The van der Waals surface area contributed by atoms with E-state index in [-0.39, 0.29) is 11.6 Å². The lowest BCUT2D eigenvalue weighted by Gasteiger charge is -2.08. The van der Waals surface area contributed by atoms with E-state index in [4.69, 9.17) is 8.94 Å². The van der Waals surface area contributed by atoms with Gasteiger partial charge in [-0.3, -0.25) is 10.1 Å². The summed E-state index contributed by atoms with van der Waals surface area (Å²) in [4.78, 5) is 14.6. The molecule has 4 aromatic rings. The summed E-state index contributed by atoms with van der Waals surface area (Å²) in [5.74, 6) is 1.97. The molecular weight excluding hydrogens is 406 g/mol. The lowest BCUT2D eigenvalue weighted by molar-refractivity contribution is -0.384. The van der Waals surface area contributed by atoms with Crippen molar-refractivity contribution in [3.8, 4) is 11.4 Å². The van der Waals surface area contributed by atoms with Crippen LogP contribution in [0, 0.1) is 10.1 Å². The predicted octanol–water partition coefficient (Wildman–Crippen LogP) is 4.67. The van der Waals surface area contributed by atoms with Gasteiger partial charge >= 0.3 is 0 Å². The Hall–Kier alpha value is -3.53. The van der Waals surface area contributed by atoms with Gasteiger partial charge < -0.3 is 8.94 Å². The van der Waals surface area contributed by atoms with Crippen molar-refractivity contribution in [2.75, 3.05) is 0 Å². The van der Waals surface area contributed by atoms with Crippen LogP contribution in [0.2, 0.25) is 0 Å². The Balaban J connectivity index is 1.34. The van der Waals surface area contributed by atoms with Gasteiger partial charge in [0, 0.05) is 24.1 Å². The smallest absolute Gasteiger partial charge is 0.277 e. The van der Waals surface area contributed by atoms with Crippen LogP contribution >= 0.6 is 11.8 Å². The second-order valence-electron chi connectivity index (χ2n) is 6.58. The Kier molecular flexibility index (Phi) is 5.84. The van der Waals surface area contributed by atoms with Crippen molar-refractivity contribution >= 4 is 17.4 Å². The molecule has 0 amide bonds. The third-order valence-electron chi connectivity index (χ3n) is 4.42. The molecule has 2 aromatic carbocycles. The maximum absolute atomic E-state index is 10.7. The van der Waals surface area contributed by atoms with Crippen molar-refractivity contribution in [3.05, 3.63) is 82.1 Å². The Morgan fingerprint density at radius 2 is 1.83 bits per heavy atom. The van der Waals surface area contributed by atoms with Gasteiger partial charge in [-0.2, -0.15) is 4.98 Å². The molecular formula is C20H17N5O4S. The van der Waals surface area contributed by atoms with Crippen molar-refractivity contribution in [2.24, 2.45) is 0 Å². The summed E-state index contributed by atoms with van der Waals surface area (Å²) in [5.41, 5.74) is 1.86. The first-order valence-corrected chi connectivity index (χ1v) is 10.1. The van der Waals surface area contributed by atoms with Crippen LogP contribution in [-0.2, 0) is 12.2 Å². The van der Waals surface area contributed by atoms with E-state index in [2.05, 4.69) is 39.4 Å². The van der Waals surface area contributed by atoms with Gasteiger partial charge in [-0.15, -0.1) is 10.2 Å². The van der Waals surface area contributed by atoms with Gasteiger partial charge in [0.05, 0.1) is 10.7 Å². The normalized spacial score (nSPS) is 12.0. The molecule has 0 aliphatic heterocycles. The maximum atomic E-state index is 10.7. The summed E-state index contributed by atoms with van der Waals surface area (Å²) in [6.07, 6.45) is 0.655. The van der Waals surface area contributed by atoms with Crippen LogP contribution in [0.25, 0.3) is 11.4 Å². The molecule has 0 N–H and O–H groups in total. The Labute approximate surface area is 175 Å². The van der Waals surface area contributed by atoms with Crippen LogP contribution in [0.3, 0.4) is 0 Å². The van der Waals surface area contributed by atoms with Crippen molar-refractivity contribution in [3.63, 3.8) is 0 Å². The molecule has 0 aliphatic carbocycles. The third kappa shape index (κ3) is 4.71. The molecule has 0 aliphatic rings. The fraction of sp³-hybridized carbons (Fsp3) is 0.200. The van der Waals surface area contributed by atoms with Crippen LogP contribution in [0.1, 0.15) is 30.2 Å². The van der Waals surface area contributed by atoms with E-state index in [1.54, 1.807) is 12.1 Å². The van der Waals surface area contributed by atoms with Crippen molar-refractivity contribution in [2.45, 2.75) is 30.2 Å². The molecule has 9 nitrogen and oxygen atoms in total. The number of aromatic nitrogens is 4. The summed E-state index contributed by atoms with van der Waals surface area (Å²) in [5, 5.41) is 23.3. The predicted molar refractivity (Wildman–Crippen MR) is 109 cm³/mol. The van der Waals surface area contributed by atoms with Gasteiger partial charge in [-0.1, -0.05) is 54.2 Å². The average Bonchev–Trinajstić information content (AvgIpc) is 3.42. The number of rotatable bonds is 8. The molecule has 2 aromatic heterocycles. The topological polar surface area (TPSA) is 121 Å². The monoisotopic (exact) mass is 423 g/mol. The first kappa shape index (κ1) is 19.8. The van der Waals surface area contributed by atoms with Gasteiger partial charge in [0.15, 0.2) is 0 Å². The number of hydrogen-bond acceptors (Lipinski definition) is 9. The summed E-state index contributed by atoms with van der Waals surface area (Å²) in [6.45, 7) is 2.12. The second-order valence-corrected chi connectivity index (χ2v) is 7.51. The van der Waals surface area contributed by atoms with Gasteiger partial charge in [0.1, 0.15) is 0 Å². The highest BCUT2D eigenvalue weighted by Gasteiger charge is 2.15. The standard InChI is InChI=1S/C20H17N5O4S/c1-13(14-5-3-2-4-6-14)11-17-22-23-20(28-17)30-12-18-21-19(24-29-18)15-7-9-16(10-8-15)25(26)27/h2-10,13H,11-12H2,1H3. The second kappa shape index (κ2) is 8.87. The van der Waals surface area contributed by atoms with Crippen LogP contribution in [-0.4, -0.2) is 25.3 Å².